The molecule has 12 atom stereocenters. The van der Waals surface area contributed by atoms with Crippen molar-refractivity contribution in [2.45, 2.75) is 73.6 Å². The van der Waals surface area contributed by atoms with Crippen molar-refractivity contribution in [1.82, 2.24) is 0 Å². The summed E-state index contributed by atoms with van der Waals surface area (Å²) < 4.78 is 33.3. The van der Waals surface area contributed by atoms with Crippen molar-refractivity contribution in [2.24, 2.45) is 17.8 Å². The Hall–Kier alpha value is -3.48. The molecule has 1 unspecified atom stereocenters. The summed E-state index contributed by atoms with van der Waals surface area (Å²) in [7, 11) is 0. The van der Waals surface area contributed by atoms with Gasteiger partial charge >= 0.3 is 11.9 Å². The Morgan fingerprint density at radius 3 is 2.37 bits per heavy atom. The lowest BCUT2D eigenvalue weighted by molar-refractivity contribution is -0.440. The third kappa shape index (κ3) is 3.40. The first-order valence-electron chi connectivity index (χ1n) is 15.6. The number of ether oxygens (including phenoxy) is 5. The number of Topliss-reactive ketones (excluding diaryl/α,β-unsaturated/α-hetero) is 1. The number of aliphatic hydroxyl groups is 3. The van der Waals surface area contributed by atoms with Crippen LogP contribution in [-0.4, -0.2) is 80.5 Å². The van der Waals surface area contributed by atoms with Crippen LogP contribution in [0.4, 0.5) is 0 Å². The van der Waals surface area contributed by atoms with E-state index in [0.29, 0.717) is 11.1 Å². The van der Waals surface area contributed by atoms with E-state index in [2.05, 4.69) is 6.58 Å². The van der Waals surface area contributed by atoms with Crippen molar-refractivity contribution in [2.75, 3.05) is 6.61 Å². The maximum Gasteiger partial charge on any atom is 0.331 e. The van der Waals surface area contributed by atoms with Gasteiger partial charge in [0.25, 0.3) is 0 Å². The number of ketones is 1. The highest BCUT2D eigenvalue weighted by Crippen LogP contribution is 2.74. The third-order valence-corrected chi connectivity index (χ3v) is 11.3. The molecule has 3 N–H and O–H groups in total. The Morgan fingerprint density at radius 1 is 1.04 bits per heavy atom. The van der Waals surface area contributed by atoms with Gasteiger partial charge in [-0.25, -0.2) is 4.79 Å². The number of fused-ring (bicyclic) bond motifs is 3. The lowest BCUT2D eigenvalue weighted by Crippen LogP contribution is -2.76. The molecule has 2 aromatic rings. The van der Waals surface area contributed by atoms with E-state index in [0.717, 1.165) is 5.56 Å². The number of aliphatic hydroxyl groups excluding tert-OH is 2. The van der Waals surface area contributed by atoms with Crippen LogP contribution in [0.25, 0.3) is 6.08 Å². The SMILES string of the molecule is C=C(C)[C@@]12OC3(c4ccccc4)O[C@@H]1[C@@H]1[C@@H]4O[C@]4(CO)[C@@H](O)[C@]4(O)C(=O)C(C)=C[C@H]4[C@]1(O3)[C@H](C)[C@H]2OC(=O)/C=C/c1ccccc1. The fourth-order valence-corrected chi connectivity index (χ4v) is 9.20. The van der Waals surface area contributed by atoms with Crippen molar-refractivity contribution in [3.63, 3.8) is 0 Å². The molecule has 6 aliphatic rings. The number of carbonyl (C=O) groups excluding carboxylic acids is 2. The summed E-state index contributed by atoms with van der Waals surface area (Å²) in [5.41, 5.74) is -5.12. The van der Waals surface area contributed by atoms with Crippen LogP contribution in [0, 0.1) is 17.8 Å². The van der Waals surface area contributed by atoms with Crippen LogP contribution < -0.4 is 0 Å². The summed E-state index contributed by atoms with van der Waals surface area (Å²) in [6, 6.07) is 18.3. The minimum absolute atomic E-state index is 0.229. The molecular weight excluding hydrogens is 592 g/mol. The zero-order valence-electron chi connectivity index (χ0n) is 25.7. The maximum absolute atomic E-state index is 13.8. The van der Waals surface area contributed by atoms with Crippen LogP contribution in [0.15, 0.2) is 90.5 Å². The smallest absolute Gasteiger partial charge is 0.331 e. The van der Waals surface area contributed by atoms with Gasteiger partial charge in [0.05, 0.1) is 12.2 Å². The summed E-state index contributed by atoms with van der Waals surface area (Å²) in [6.45, 7) is 8.80. The first-order valence-corrected chi connectivity index (χ1v) is 15.6. The molecule has 3 saturated heterocycles. The maximum atomic E-state index is 13.8. The molecule has 0 spiro atoms. The monoisotopic (exact) mass is 628 g/mol. The lowest BCUT2D eigenvalue weighted by Gasteiger charge is -2.61. The van der Waals surface area contributed by atoms with E-state index in [4.69, 9.17) is 23.7 Å². The topological polar surface area (TPSA) is 144 Å². The zero-order chi connectivity index (χ0) is 32.4. The van der Waals surface area contributed by atoms with Gasteiger partial charge in [-0.1, -0.05) is 80.2 Å². The highest BCUT2D eigenvalue weighted by molar-refractivity contribution is 6.05. The van der Waals surface area contributed by atoms with Gasteiger partial charge in [-0.15, -0.1) is 0 Å². The molecule has 3 heterocycles. The van der Waals surface area contributed by atoms with Crippen molar-refractivity contribution in [1.29, 1.82) is 0 Å². The molecule has 0 amide bonds. The van der Waals surface area contributed by atoms with E-state index < -0.39 is 88.9 Å². The van der Waals surface area contributed by atoms with E-state index in [9.17, 15) is 24.9 Å². The largest absolute Gasteiger partial charge is 0.455 e. The number of benzene rings is 2. The molecule has 5 fully saturated rings. The number of rotatable bonds is 6. The van der Waals surface area contributed by atoms with Gasteiger partial charge in [0.15, 0.2) is 17.0 Å². The first-order chi connectivity index (χ1) is 21.9. The quantitative estimate of drug-likeness (QED) is 0.189. The molecule has 10 nitrogen and oxygen atoms in total. The van der Waals surface area contributed by atoms with Gasteiger partial charge in [0.2, 0.25) is 0 Å². The normalized spacial score (nSPS) is 46.3. The first kappa shape index (κ1) is 29.9. The van der Waals surface area contributed by atoms with E-state index in [-0.39, 0.29) is 5.57 Å². The van der Waals surface area contributed by atoms with Gasteiger partial charge in [0.1, 0.15) is 30.0 Å². The fraction of sp³-hybridized carbons (Fsp3) is 0.444. The Kier molecular flexibility index (Phi) is 6.20. The number of hydrogen-bond donors (Lipinski definition) is 3. The second-order valence-electron chi connectivity index (χ2n) is 13.5. The molecule has 2 aromatic carbocycles. The lowest BCUT2D eigenvalue weighted by atomic mass is 9.53. The summed E-state index contributed by atoms with van der Waals surface area (Å²) in [4.78, 5) is 27.4. The summed E-state index contributed by atoms with van der Waals surface area (Å²) >= 11 is 0. The zero-order valence-corrected chi connectivity index (χ0v) is 25.7. The molecule has 8 rings (SSSR count). The van der Waals surface area contributed by atoms with Gasteiger partial charge in [-0.3, -0.25) is 4.79 Å². The molecule has 3 aliphatic carbocycles. The highest BCUT2D eigenvalue weighted by Gasteiger charge is 2.90. The van der Waals surface area contributed by atoms with Crippen LogP contribution in [0.3, 0.4) is 0 Å². The summed E-state index contributed by atoms with van der Waals surface area (Å²) in [5.74, 6) is -5.94. The van der Waals surface area contributed by atoms with Gasteiger partial charge < -0.3 is 39.0 Å². The standard InChI is InChI=1S/C36H36O10/c1-19(2)34-28(42-25(38)16-15-22-11-7-5-8-12-22)21(4)35-24-17-20(3)27(39)33(24,41)31(40)32(18-37)29(43-32)26(35)30(34)44-36(45-34,46-35)23-13-9-6-10-14-23/h5-17,21,24,26,28-31,37,40-41H,1,18H2,2-4H3/b16-15+/t21-,24-,26+,28-,29+,30-,31-,32+,33-,34+,35-,36?/m1/s1. The predicted octanol–water partition coefficient (Wildman–Crippen LogP) is 2.57. The van der Waals surface area contributed by atoms with Crippen molar-refractivity contribution < 1.29 is 48.6 Å². The number of hydrogen-bond acceptors (Lipinski definition) is 10. The average molecular weight is 629 g/mol. The molecule has 0 aromatic heterocycles. The van der Waals surface area contributed by atoms with Crippen LogP contribution >= 0.6 is 0 Å². The van der Waals surface area contributed by atoms with Crippen molar-refractivity contribution >= 4 is 17.8 Å². The fourth-order valence-electron chi connectivity index (χ4n) is 9.20. The molecule has 46 heavy (non-hydrogen) atoms. The van der Waals surface area contributed by atoms with E-state index >= 15 is 0 Å². The van der Waals surface area contributed by atoms with Gasteiger partial charge in [0, 0.05) is 29.4 Å². The van der Waals surface area contributed by atoms with E-state index in [1.165, 1.54) is 6.08 Å². The second-order valence-corrected chi connectivity index (χ2v) is 13.5. The number of esters is 1. The van der Waals surface area contributed by atoms with E-state index in [1.54, 1.807) is 50.3 Å². The van der Waals surface area contributed by atoms with E-state index in [1.807, 2.05) is 43.3 Å². The van der Waals surface area contributed by atoms with Crippen molar-refractivity contribution in [3.8, 4) is 0 Å². The van der Waals surface area contributed by atoms with Gasteiger partial charge in [-0.2, -0.15) is 0 Å². The molecule has 3 bridgehead atoms. The molecule has 10 heteroatoms. The Morgan fingerprint density at radius 2 is 1.72 bits per heavy atom. The molecular formula is C36H36O10. The minimum Gasteiger partial charge on any atom is -0.455 e. The predicted molar refractivity (Wildman–Crippen MR) is 161 cm³/mol. The molecule has 3 aliphatic heterocycles. The molecule has 240 valence electrons. The third-order valence-electron chi connectivity index (χ3n) is 11.3. The van der Waals surface area contributed by atoms with Gasteiger partial charge in [-0.05, 0) is 36.6 Å². The van der Waals surface area contributed by atoms with Crippen LogP contribution in [0.5, 0.6) is 0 Å². The molecule has 2 saturated carbocycles. The van der Waals surface area contributed by atoms with Crippen LogP contribution in [-0.2, 0) is 39.2 Å². The minimum atomic E-state index is -2.43. The number of carbonyl (C=O) groups is 2. The number of epoxide rings is 1. The Bertz CT molecular complexity index is 1710. The van der Waals surface area contributed by atoms with Crippen LogP contribution in [0.1, 0.15) is 31.9 Å². The molecule has 0 radical (unpaired) electrons. The van der Waals surface area contributed by atoms with Crippen LogP contribution in [0.2, 0.25) is 0 Å². The second kappa shape index (κ2) is 9.54. The average Bonchev–Trinajstić information content (AvgIpc) is 3.68. The Labute approximate surface area is 265 Å². The summed E-state index contributed by atoms with van der Waals surface area (Å²) in [5, 5.41) is 34.9. The highest BCUT2D eigenvalue weighted by atomic mass is 16.9. The van der Waals surface area contributed by atoms with Crippen molar-refractivity contribution in [3.05, 3.63) is 102 Å². The summed E-state index contributed by atoms with van der Waals surface area (Å²) in [6.07, 6.45) is -0.138. The Balaban J connectivity index is 1.35.